The summed E-state index contributed by atoms with van der Waals surface area (Å²) in [7, 11) is 4.53. The Kier molecular flexibility index (Phi) is 7.65. The summed E-state index contributed by atoms with van der Waals surface area (Å²) in [5.41, 5.74) is 3.37. The van der Waals surface area contributed by atoms with Gasteiger partial charge in [0, 0.05) is 11.8 Å². The Morgan fingerprint density at radius 3 is 2.24 bits per heavy atom. The lowest BCUT2D eigenvalue weighted by Gasteiger charge is -2.12. The zero-order valence-electron chi connectivity index (χ0n) is 17.2. The van der Waals surface area contributed by atoms with Crippen LogP contribution < -0.4 is 19.5 Å². The fraction of sp³-hybridized carbons (Fsp3) is 0.273. The Labute approximate surface area is 170 Å². The maximum Gasteiger partial charge on any atom is 0.331 e. The van der Waals surface area contributed by atoms with E-state index in [9.17, 15) is 9.59 Å². The van der Waals surface area contributed by atoms with Gasteiger partial charge in [-0.15, -0.1) is 0 Å². The average Bonchev–Trinajstić information content (AvgIpc) is 2.73. The predicted molar refractivity (Wildman–Crippen MR) is 111 cm³/mol. The molecule has 0 spiro atoms. The average molecular weight is 399 g/mol. The van der Waals surface area contributed by atoms with Crippen LogP contribution in [-0.2, 0) is 14.3 Å². The smallest absolute Gasteiger partial charge is 0.331 e. The highest BCUT2D eigenvalue weighted by molar-refractivity contribution is 5.95. The lowest BCUT2D eigenvalue weighted by Crippen LogP contribution is -2.20. The zero-order valence-corrected chi connectivity index (χ0v) is 17.2. The van der Waals surface area contributed by atoms with Crippen molar-refractivity contribution in [2.45, 2.75) is 13.8 Å². The molecule has 29 heavy (non-hydrogen) atoms. The van der Waals surface area contributed by atoms with E-state index in [0.717, 1.165) is 11.1 Å². The van der Waals surface area contributed by atoms with Crippen molar-refractivity contribution in [3.63, 3.8) is 0 Å². The number of aryl methyl sites for hydroxylation is 1. The quantitative estimate of drug-likeness (QED) is 0.540. The number of ether oxygens (including phenoxy) is 4. The van der Waals surface area contributed by atoms with E-state index in [0.29, 0.717) is 28.5 Å². The van der Waals surface area contributed by atoms with Gasteiger partial charge in [-0.25, -0.2) is 4.79 Å². The van der Waals surface area contributed by atoms with Gasteiger partial charge in [-0.2, -0.15) is 0 Å². The number of anilines is 1. The second-order valence-corrected chi connectivity index (χ2v) is 6.20. The largest absolute Gasteiger partial charge is 0.493 e. The minimum Gasteiger partial charge on any atom is -0.493 e. The van der Waals surface area contributed by atoms with Crippen molar-refractivity contribution < 1.29 is 28.5 Å². The molecule has 0 bridgehead atoms. The summed E-state index contributed by atoms with van der Waals surface area (Å²) in [5, 5.41) is 2.74. The first-order valence-corrected chi connectivity index (χ1v) is 8.90. The van der Waals surface area contributed by atoms with Gasteiger partial charge in [0.05, 0.1) is 21.3 Å². The number of nitrogens with one attached hydrogen (secondary N) is 1. The molecule has 154 valence electrons. The second kappa shape index (κ2) is 10.2. The van der Waals surface area contributed by atoms with Gasteiger partial charge in [-0.05, 0) is 54.8 Å². The molecule has 0 unspecified atom stereocenters. The predicted octanol–water partition coefficient (Wildman–Crippen LogP) is 3.52. The third-order valence-electron chi connectivity index (χ3n) is 4.32. The molecule has 0 aromatic heterocycles. The van der Waals surface area contributed by atoms with E-state index < -0.39 is 11.9 Å². The molecule has 0 aliphatic heterocycles. The Balaban J connectivity index is 1.97. The zero-order chi connectivity index (χ0) is 21.4. The Morgan fingerprint density at radius 2 is 1.66 bits per heavy atom. The molecule has 0 fully saturated rings. The summed E-state index contributed by atoms with van der Waals surface area (Å²) in [4.78, 5) is 24.0. The SMILES string of the molecule is COc1cc(C=CC(=O)OCC(=O)Nc2cccc(C)c2C)cc(OC)c1OC. The molecule has 7 heteroatoms. The van der Waals surface area contributed by atoms with E-state index in [1.807, 2.05) is 26.0 Å². The standard InChI is InChI=1S/C22H25NO6/c1-14-7-6-8-17(15(14)2)23-20(24)13-29-21(25)10-9-16-11-18(26-3)22(28-5)19(12-16)27-4/h6-12H,13H2,1-5H3,(H,23,24). The number of carbonyl (C=O) groups is 2. The maximum atomic E-state index is 12.0. The monoisotopic (exact) mass is 399 g/mol. The van der Waals surface area contributed by atoms with Crippen molar-refractivity contribution in [2.24, 2.45) is 0 Å². The van der Waals surface area contributed by atoms with E-state index in [1.165, 1.54) is 33.5 Å². The Hall–Kier alpha value is -3.48. The summed E-state index contributed by atoms with van der Waals surface area (Å²) >= 11 is 0. The lowest BCUT2D eigenvalue weighted by molar-refractivity contribution is -0.142. The fourth-order valence-electron chi connectivity index (χ4n) is 2.62. The van der Waals surface area contributed by atoms with Gasteiger partial charge in [0.1, 0.15) is 0 Å². The summed E-state index contributed by atoms with van der Waals surface area (Å²) < 4.78 is 20.8. The van der Waals surface area contributed by atoms with Crippen molar-refractivity contribution in [2.75, 3.05) is 33.3 Å². The fourth-order valence-corrected chi connectivity index (χ4v) is 2.62. The van der Waals surface area contributed by atoms with Crippen molar-refractivity contribution >= 4 is 23.6 Å². The second-order valence-electron chi connectivity index (χ2n) is 6.20. The number of rotatable bonds is 8. The van der Waals surface area contributed by atoms with Crippen LogP contribution in [0.15, 0.2) is 36.4 Å². The lowest BCUT2D eigenvalue weighted by atomic mass is 10.1. The summed E-state index contributed by atoms with van der Waals surface area (Å²) in [6, 6.07) is 8.99. The molecule has 1 amide bonds. The topological polar surface area (TPSA) is 83.1 Å². The van der Waals surface area contributed by atoms with E-state index >= 15 is 0 Å². The van der Waals surface area contributed by atoms with Gasteiger partial charge >= 0.3 is 5.97 Å². The number of hydrogen-bond acceptors (Lipinski definition) is 6. The van der Waals surface area contributed by atoms with Crippen molar-refractivity contribution in [1.82, 2.24) is 0 Å². The summed E-state index contributed by atoms with van der Waals surface area (Å²) in [5.74, 6) is 0.335. The third kappa shape index (κ3) is 5.75. The third-order valence-corrected chi connectivity index (χ3v) is 4.32. The van der Waals surface area contributed by atoms with Crippen LogP contribution in [-0.4, -0.2) is 39.8 Å². The van der Waals surface area contributed by atoms with E-state index in [-0.39, 0.29) is 6.61 Å². The van der Waals surface area contributed by atoms with Crippen molar-refractivity contribution in [3.8, 4) is 17.2 Å². The van der Waals surface area contributed by atoms with Gasteiger partial charge in [-0.1, -0.05) is 12.1 Å². The van der Waals surface area contributed by atoms with Gasteiger partial charge in [0.25, 0.3) is 5.91 Å². The molecule has 0 aliphatic rings. The molecule has 0 heterocycles. The van der Waals surface area contributed by atoms with Crippen LogP contribution in [0.4, 0.5) is 5.69 Å². The summed E-state index contributed by atoms with van der Waals surface area (Å²) in [6.45, 7) is 3.49. The molecule has 0 radical (unpaired) electrons. The van der Waals surface area contributed by atoms with Crippen LogP contribution in [0.2, 0.25) is 0 Å². The Morgan fingerprint density at radius 1 is 1.00 bits per heavy atom. The molecule has 2 rings (SSSR count). The number of benzene rings is 2. The number of hydrogen-bond donors (Lipinski definition) is 1. The maximum absolute atomic E-state index is 12.0. The highest BCUT2D eigenvalue weighted by atomic mass is 16.5. The highest BCUT2D eigenvalue weighted by Crippen LogP contribution is 2.38. The van der Waals surface area contributed by atoms with E-state index in [4.69, 9.17) is 18.9 Å². The van der Waals surface area contributed by atoms with Crippen LogP contribution in [0.3, 0.4) is 0 Å². The number of esters is 1. The van der Waals surface area contributed by atoms with Crippen LogP contribution in [0.25, 0.3) is 6.08 Å². The van der Waals surface area contributed by atoms with Gasteiger partial charge in [0.15, 0.2) is 18.1 Å². The van der Waals surface area contributed by atoms with Crippen molar-refractivity contribution in [3.05, 3.63) is 53.1 Å². The van der Waals surface area contributed by atoms with E-state index in [2.05, 4.69) is 5.32 Å². The Bertz CT molecular complexity index is 895. The molecule has 7 nitrogen and oxygen atoms in total. The van der Waals surface area contributed by atoms with Gasteiger partial charge < -0.3 is 24.3 Å². The molecule has 2 aromatic rings. The summed E-state index contributed by atoms with van der Waals surface area (Å²) in [6.07, 6.45) is 2.77. The van der Waals surface area contributed by atoms with Crippen LogP contribution in [0, 0.1) is 13.8 Å². The van der Waals surface area contributed by atoms with Gasteiger partial charge in [0.2, 0.25) is 5.75 Å². The normalized spacial score (nSPS) is 10.5. The first-order chi connectivity index (χ1) is 13.9. The molecular formula is C22H25NO6. The number of amides is 1. The molecule has 2 aromatic carbocycles. The first kappa shape index (κ1) is 21.8. The molecule has 0 saturated carbocycles. The minimum absolute atomic E-state index is 0.383. The molecule has 0 atom stereocenters. The van der Waals surface area contributed by atoms with Crippen LogP contribution in [0.5, 0.6) is 17.2 Å². The molecule has 1 N–H and O–H groups in total. The van der Waals surface area contributed by atoms with E-state index in [1.54, 1.807) is 18.2 Å². The number of methoxy groups -OCH3 is 3. The van der Waals surface area contributed by atoms with Crippen molar-refractivity contribution in [1.29, 1.82) is 0 Å². The highest BCUT2D eigenvalue weighted by Gasteiger charge is 2.12. The molecule has 0 aliphatic carbocycles. The number of carbonyl (C=O) groups excluding carboxylic acids is 2. The van der Waals surface area contributed by atoms with Crippen LogP contribution >= 0.6 is 0 Å². The molecule has 0 saturated heterocycles. The van der Waals surface area contributed by atoms with Gasteiger partial charge in [-0.3, -0.25) is 4.79 Å². The molecular weight excluding hydrogens is 374 g/mol. The minimum atomic E-state index is -0.644. The van der Waals surface area contributed by atoms with Crippen LogP contribution in [0.1, 0.15) is 16.7 Å². The first-order valence-electron chi connectivity index (χ1n) is 8.90.